The van der Waals surface area contributed by atoms with Gasteiger partial charge in [0.1, 0.15) is 5.75 Å². The number of esters is 2. The van der Waals surface area contributed by atoms with Gasteiger partial charge >= 0.3 is 11.9 Å². The molecule has 2 aromatic rings. The van der Waals surface area contributed by atoms with E-state index in [0.717, 1.165) is 44.6 Å². The van der Waals surface area contributed by atoms with Gasteiger partial charge in [-0.25, -0.2) is 9.59 Å². The molecule has 3 N–H and O–H groups in total. The van der Waals surface area contributed by atoms with Crippen LogP contribution < -0.4 is 20.7 Å². The zero-order valence-corrected chi connectivity index (χ0v) is 25.7. The Morgan fingerprint density at radius 1 is 1.05 bits per heavy atom. The molecule has 44 heavy (non-hydrogen) atoms. The summed E-state index contributed by atoms with van der Waals surface area (Å²) in [5.74, 6) is -0.0705. The highest BCUT2D eigenvalue weighted by Gasteiger charge is 2.35. The fraction of sp³-hybridized carbons (Fsp3) is 0.394. The van der Waals surface area contributed by atoms with Crippen LogP contribution in [0.4, 0.5) is 5.69 Å². The maximum absolute atomic E-state index is 12.7. The summed E-state index contributed by atoms with van der Waals surface area (Å²) in [6.45, 7) is 5.26. The zero-order chi connectivity index (χ0) is 31.5. The summed E-state index contributed by atoms with van der Waals surface area (Å²) >= 11 is 0. The quantitative estimate of drug-likeness (QED) is 0.0917. The molecule has 0 saturated carbocycles. The second-order valence-electron chi connectivity index (χ2n) is 10.7. The fourth-order valence-corrected chi connectivity index (χ4v) is 5.71. The summed E-state index contributed by atoms with van der Waals surface area (Å²) in [4.78, 5) is 32.4. The highest BCUT2D eigenvalue weighted by atomic mass is 16.5. The van der Waals surface area contributed by atoms with Crippen molar-refractivity contribution in [3.8, 4) is 11.9 Å². The van der Waals surface area contributed by atoms with E-state index in [0.29, 0.717) is 40.9 Å². The van der Waals surface area contributed by atoms with E-state index in [1.165, 1.54) is 19.8 Å². The number of carbonyl (C=O) groups is 2. The third-order valence-electron chi connectivity index (χ3n) is 7.99. The molecule has 11 nitrogen and oxygen atoms in total. The largest absolute Gasteiger partial charge is 0.497 e. The van der Waals surface area contributed by atoms with Crippen molar-refractivity contribution in [1.29, 1.82) is 5.26 Å². The molecule has 1 fully saturated rings. The van der Waals surface area contributed by atoms with Crippen LogP contribution in [0.2, 0.25) is 0 Å². The Balaban J connectivity index is 1.38. The van der Waals surface area contributed by atoms with Gasteiger partial charge in [0.2, 0.25) is 5.96 Å². The molecule has 0 aromatic heterocycles. The Bertz CT molecular complexity index is 1470. The highest BCUT2D eigenvalue weighted by Crippen LogP contribution is 2.38. The van der Waals surface area contributed by atoms with E-state index >= 15 is 0 Å². The molecule has 0 amide bonds. The third kappa shape index (κ3) is 7.96. The Kier molecular flexibility index (Phi) is 11.4. The van der Waals surface area contributed by atoms with Gasteiger partial charge < -0.3 is 29.7 Å². The number of guanidine groups is 1. The van der Waals surface area contributed by atoms with Crippen LogP contribution in [0.25, 0.3) is 0 Å². The molecule has 4 rings (SSSR count). The van der Waals surface area contributed by atoms with Crippen LogP contribution in [-0.4, -0.2) is 70.3 Å². The molecular formula is C33H40N6O5. The molecule has 1 unspecified atom stereocenters. The normalized spacial score (nSPS) is 17.6. The van der Waals surface area contributed by atoms with Crippen molar-refractivity contribution in [3.05, 3.63) is 82.7 Å². The Labute approximate surface area is 258 Å². The van der Waals surface area contributed by atoms with Crippen molar-refractivity contribution in [2.45, 2.75) is 38.0 Å². The summed E-state index contributed by atoms with van der Waals surface area (Å²) in [7, 11) is 4.29. The van der Waals surface area contributed by atoms with E-state index in [2.05, 4.69) is 44.0 Å². The third-order valence-corrected chi connectivity index (χ3v) is 7.99. The summed E-state index contributed by atoms with van der Waals surface area (Å²) < 4.78 is 15.4. The summed E-state index contributed by atoms with van der Waals surface area (Å²) in [5.41, 5.74) is 3.79. The number of benzene rings is 2. The molecule has 1 saturated heterocycles. The van der Waals surface area contributed by atoms with E-state index in [1.807, 2.05) is 30.5 Å². The average molecular weight is 601 g/mol. The zero-order valence-electron chi connectivity index (χ0n) is 25.7. The van der Waals surface area contributed by atoms with Crippen LogP contribution in [0.3, 0.4) is 0 Å². The summed E-state index contributed by atoms with van der Waals surface area (Å²) in [5, 5.41) is 18.1. The number of hydrogen-bond donors (Lipinski definition) is 3. The lowest BCUT2D eigenvalue weighted by Crippen LogP contribution is -2.34. The van der Waals surface area contributed by atoms with Crippen molar-refractivity contribution in [3.63, 3.8) is 0 Å². The minimum absolute atomic E-state index is 0.271. The van der Waals surface area contributed by atoms with Crippen molar-refractivity contribution < 1.29 is 23.8 Å². The SMILES string of the molecule is COC(=O)C1=CNC(C)=C(C(=O)OC)C1c1cccc(NC(=NCCCN2CCC(c3cccc(OC)c3)CC2)NC#N)c1. The monoisotopic (exact) mass is 600 g/mol. The molecule has 0 spiro atoms. The molecule has 11 heteroatoms. The molecule has 1 atom stereocenters. The van der Waals surface area contributed by atoms with Crippen LogP contribution in [0.15, 0.2) is 76.6 Å². The predicted octanol–water partition coefficient (Wildman–Crippen LogP) is 3.99. The summed E-state index contributed by atoms with van der Waals surface area (Å²) in [6.07, 6.45) is 6.54. The number of aliphatic imine (C=N–C) groups is 1. The van der Waals surface area contributed by atoms with Gasteiger partial charge in [-0.05, 0) is 87.1 Å². The maximum atomic E-state index is 12.7. The van der Waals surface area contributed by atoms with E-state index in [4.69, 9.17) is 14.2 Å². The first-order valence-electron chi connectivity index (χ1n) is 14.6. The molecule has 0 bridgehead atoms. The number of nitrogens with one attached hydrogen (secondary N) is 3. The van der Waals surface area contributed by atoms with Gasteiger partial charge in [0.25, 0.3) is 0 Å². The lowest BCUT2D eigenvalue weighted by Gasteiger charge is -2.32. The number of dihydropyridines is 1. The minimum Gasteiger partial charge on any atom is -0.497 e. The Morgan fingerprint density at radius 3 is 2.48 bits per heavy atom. The van der Waals surface area contributed by atoms with Gasteiger partial charge in [-0.2, -0.15) is 5.26 Å². The average Bonchev–Trinajstić information content (AvgIpc) is 3.06. The van der Waals surface area contributed by atoms with E-state index in [1.54, 1.807) is 26.3 Å². The molecule has 2 aromatic carbocycles. The number of ether oxygens (including phenoxy) is 3. The topological polar surface area (TPSA) is 137 Å². The molecule has 2 aliphatic rings. The first kappa shape index (κ1) is 32.1. The molecule has 0 aliphatic carbocycles. The smallest absolute Gasteiger partial charge is 0.336 e. The van der Waals surface area contributed by atoms with Crippen LogP contribution in [0, 0.1) is 11.5 Å². The first-order valence-corrected chi connectivity index (χ1v) is 14.6. The van der Waals surface area contributed by atoms with Crippen LogP contribution >= 0.6 is 0 Å². The van der Waals surface area contributed by atoms with E-state index in [-0.39, 0.29) is 5.57 Å². The number of nitriles is 1. The van der Waals surface area contributed by atoms with Crippen molar-refractivity contribution in [1.82, 2.24) is 15.5 Å². The van der Waals surface area contributed by atoms with E-state index < -0.39 is 17.9 Å². The first-order chi connectivity index (χ1) is 21.4. The number of anilines is 1. The molecule has 0 radical (unpaired) electrons. The summed E-state index contributed by atoms with van der Waals surface area (Å²) in [6, 6.07) is 15.6. The fourth-order valence-electron chi connectivity index (χ4n) is 5.71. The molecule has 2 heterocycles. The second-order valence-corrected chi connectivity index (χ2v) is 10.7. The number of allylic oxidation sites excluding steroid dienone is 1. The lowest BCUT2D eigenvalue weighted by molar-refractivity contribution is -0.137. The van der Waals surface area contributed by atoms with Crippen LogP contribution in [0.5, 0.6) is 5.75 Å². The number of carbonyl (C=O) groups excluding carboxylic acids is 2. The highest BCUT2D eigenvalue weighted by molar-refractivity contribution is 5.99. The van der Waals surface area contributed by atoms with Gasteiger partial charge in [-0.15, -0.1) is 0 Å². The Hall–Kier alpha value is -4.82. The molecule has 2 aliphatic heterocycles. The lowest BCUT2D eigenvalue weighted by atomic mass is 9.82. The Morgan fingerprint density at radius 2 is 1.77 bits per heavy atom. The van der Waals surface area contributed by atoms with Gasteiger partial charge in [0.15, 0.2) is 6.19 Å². The second kappa shape index (κ2) is 15.6. The predicted molar refractivity (Wildman–Crippen MR) is 168 cm³/mol. The standard InChI is InChI=1S/C33H40N6O5/c1-22-29(32(41)44-4)30(28(20-36-22)31(40)43-3)25-9-5-10-26(18-25)38-33(37-21-34)35-14-7-15-39-16-12-23(13-17-39)24-8-6-11-27(19-24)42-2/h5-6,8-11,18-20,23,30,36H,7,12-17H2,1-4H3,(H2,35,37,38). The number of nitrogens with zero attached hydrogens (tertiary/aromatic N) is 3. The minimum atomic E-state index is -0.713. The van der Waals surface area contributed by atoms with Gasteiger partial charge in [0.05, 0.1) is 38.4 Å². The maximum Gasteiger partial charge on any atom is 0.336 e. The number of methoxy groups -OCH3 is 3. The number of likely N-dealkylation sites (tertiary alicyclic amines) is 1. The van der Waals surface area contributed by atoms with Gasteiger partial charge in [0, 0.05) is 24.1 Å². The molecule has 232 valence electrons. The number of rotatable bonds is 10. The van der Waals surface area contributed by atoms with Crippen molar-refractivity contribution >= 4 is 23.6 Å². The number of piperidine rings is 1. The van der Waals surface area contributed by atoms with Crippen LogP contribution in [-0.2, 0) is 19.1 Å². The van der Waals surface area contributed by atoms with E-state index in [9.17, 15) is 14.9 Å². The van der Waals surface area contributed by atoms with Gasteiger partial charge in [-0.3, -0.25) is 10.3 Å². The number of hydrogen-bond acceptors (Lipinski definition) is 9. The molecular weight excluding hydrogens is 560 g/mol. The van der Waals surface area contributed by atoms with Gasteiger partial charge in [-0.1, -0.05) is 24.3 Å². The van der Waals surface area contributed by atoms with Crippen LogP contribution in [0.1, 0.15) is 49.1 Å². The van der Waals surface area contributed by atoms with Crippen molar-refractivity contribution in [2.24, 2.45) is 4.99 Å². The van der Waals surface area contributed by atoms with Crippen molar-refractivity contribution in [2.75, 3.05) is 52.8 Å².